The third-order valence-corrected chi connectivity index (χ3v) is 4.75. The molecule has 6 heteroatoms. The molecule has 21 heavy (non-hydrogen) atoms. The van der Waals surface area contributed by atoms with Gasteiger partial charge >= 0.3 is 0 Å². The van der Waals surface area contributed by atoms with Crippen molar-refractivity contribution < 1.29 is 4.79 Å². The second-order valence-electron chi connectivity index (χ2n) is 6.18. The van der Waals surface area contributed by atoms with Crippen LogP contribution in [-0.2, 0) is 6.54 Å². The Kier molecular flexibility index (Phi) is 4.53. The van der Waals surface area contributed by atoms with E-state index in [-0.39, 0.29) is 5.91 Å². The molecule has 0 unspecified atom stereocenters. The van der Waals surface area contributed by atoms with E-state index in [9.17, 15) is 4.79 Å². The third-order valence-electron chi connectivity index (χ3n) is 4.75. The molecule has 0 bridgehead atoms. The standard InChI is InChI=1S/C15H25N5O/c1-2-20-14(11-16-17-20)15(21)19-8-4-7-18(9-10-19)12-13-5-3-6-13/h11,13H,2-10,12H2,1H3. The lowest BCUT2D eigenvalue weighted by Crippen LogP contribution is -2.38. The molecular weight excluding hydrogens is 266 g/mol. The van der Waals surface area contributed by atoms with Crippen molar-refractivity contribution in [2.24, 2.45) is 5.92 Å². The third kappa shape index (κ3) is 3.26. The fourth-order valence-corrected chi connectivity index (χ4v) is 3.22. The molecule has 2 fully saturated rings. The topological polar surface area (TPSA) is 54.3 Å². The summed E-state index contributed by atoms with van der Waals surface area (Å²) in [5.41, 5.74) is 0.616. The number of rotatable bonds is 4. The molecule has 1 aliphatic carbocycles. The molecular formula is C15H25N5O. The second kappa shape index (κ2) is 6.56. The van der Waals surface area contributed by atoms with Crippen molar-refractivity contribution >= 4 is 5.91 Å². The number of carbonyl (C=O) groups excluding carboxylic acids is 1. The van der Waals surface area contributed by atoms with Crippen molar-refractivity contribution in [2.75, 3.05) is 32.7 Å². The zero-order valence-corrected chi connectivity index (χ0v) is 12.9. The van der Waals surface area contributed by atoms with Gasteiger partial charge in [0.25, 0.3) is 5.91 Å². The predicted octanol–water partition coefficient (Wildman–Crippen LogP) is 1.25. The van der Waals surface area contributed by atoms with Crippen LogP contribution in [0, 0.1) is 5.92 Å². The van der Waals surface area contributed by atoms with Gasteiger partial charge in [-0.3, -0.25) is 4.79 Å². The number of hydrogen-bond acceptors (Lipinski definition) is 4. The summed E-state index contributed by atoms with van der Waals surface area (Å²) in [5, 5.41) is 7.82. The first-order valence-electron chi connectivity index (χ1n) is 8.18. The van der Waals surface area contributed by atoms with Gasteiger partial charge in [0, 0.05) is 32.7 Å². The molecule has 1 aromatic rings. The summed E-state index contributed by atoms with van der Waals surface area (Å²) in [6, 6.07) is 0. The Labute approximate surface area is 126 Å². The summed E-state index contributed by atoms with van der Waals surface area (Å²) in [5.74, 6) is 0.977. The molecule has 0 atom stereocenters. The van der Waals surface area contributed by atoms with Crippen LogP contribution >= 0.6 is 0 Å². The highest BCUT2D eigenvalue weighted by Gasteiger charge is 2.25. The molecule has 2 aliphatic rings. The first-order valence-corrected chi connectivity index (χ1v) is 8.18. The van der Waals surface area contributed by atoms with Crippen LogP contribution in [0.25, 0.3) is 0 Å². The first kappa shape index (κ1) is 14.5. The van der Waals surface area contributed by atoms with Gasteiger partial charge in [-0.1, -0.05) is 11.6 Å². The minimum atomic E-state index is 0.0762. The van der Waals surface area contributed by atoms with Crippen LogP contribution in [0.5, 0.6) is 0 Å². The van der Waals surface area contributed by atoms with Gasteiger partial charge < -0.3 is 9.80 Å². The first-order chi connectivity index (χ1) is 10.3. The Morgan fingerprint density at radius 2 is 2.10 bits per heavy atom. The SMILES string of the molecule is CCn1nncc1C(=O)N1CCCN(CC2CCC2)CC1. The lowest BCUT2D eigenvalue weighted by molar-refractivity contribution is 0.0746. The lowest BCUT2D eigenvalue weighted by Gasteiger charge is -2.31. The number of aryl methyl sites for hydroxylation is 1. The summed E-state index contributed by atoms with van der Waals surface area (Å²) in [6.07, 6.45) is 6.83. The number of carbonyl (C=O) groups is 1. The molecule has 1 amide bonds. The maximum Gasteiger partial charge on any atom is 0.273 e. The Bertz CT molecular complexity index is 482. The largest absolute Gasteiger partial charge is 0.336 e. The second-order valence-corrected chi connectivity index (χ2v) is 6.18. The lowest BCUT2D eigenvalue weighted by atomic mass is 9.85. The summed E-state index contributed by atoms with van der Waals surface area (Å²) < 4.78 is 1.68. The van der Waals surface area contributed by atoms with E-state index >= 15 is 0 Å². The van der Waals surface area contributed by atoms with E-state index in [4.69, 9.17) is 0 Å². The fraction of sp³-hybridized carbons (Fsp3) is 0.800. The molecule has 6 nitrogen and oxygen atoms in total. The highest BCUT2D eigenvalue weighted by atomic mass is 16.2. The predicted molar refractivity (Wildman–Crippen MR) is 80.0 cm³/mol. The zero-order valence-electron chi connectivity index (χ0n) is 12.9. The molecule has 3 rings (SSSR count). The van der Waals surface area contributed by atoms with Gasteiger partial charge in [0.15, 0.2) is 0 Å². The van der Waals surface area contributed by atoms with Crippen LogP contribution < -0.4 is 0 Å². The molecule has 116 valence electrons. The van der Waals surface area contributed by atoms with Gasteiger partial charge in [-0.2, -0.15) is 0 Å². The Morgan fingerprint density at radius 1 is 1.24 bits per heavy atom. The van der Waals surface area contributed by atoms with Gasteiger partial charge in [-0.15, -0.1) is 5.10 Å². The molecule has 1 aliphatic heterocycles. The quantitative estimate of drug-likeness (QED) is 0.837. The molecule has 1 aromatic heterocycles. The zero-order chi connectivity index (χ0) is 14.7. The number of amides is 1. The summed E-state index contributed by atoms with van der Waals surface area (Å²) >= 11 is 0. The minimum absolute atomic E-state index is 0.0762. The highest BCUT2D eigenvalue weighted by Crippen LogP contribution is 2.27. The van der Waals surface area contributed by atoms with E-state index in [1.165, 1.54) is 25.8 Å². The molecule has 2 heterocycles. The van der Waals surface area contributed by atoms with Gasteiger partial charge in [0.05, 0.1) is 6.20 Å². The van der Waals surface area contributed by atoms with Gasteiger partial charge in [0.1, 0.15) is 5.69 Å². The van der Waals surface area contributed by atoms with Crippen molar-refractivity contribution in [3.8, 4) is 0 Å². The minimum Gasteiger partial charge on any atom is -0.336 e. The summed E-state index contributed by atoms with van der Waals surface area (Å²) in [4.78, 5) is 17.1. The average Bonchev–Trinajstić information content (AvgIpc) is 2.80. The Balaban J connectivity index is 1.57. The van der Waals surface area contributed by atoms with E-state index in [1.54, 1.807) is 10.9 Å². The maximum atomic E-state index is 12.6. The monoisotopic (exact) mass is 291 g/mol. The molecule has 1 saturated heterocycles. The Morgan fingerprint density at radius 3 is 2.81 bits per heavy atom. The number of aromatic nitrogens is 3. The van der Waals surface area contributed by atoms with E-state index in [1.807, 2.05) is 11.8 Å². The van der Waals surface area contributed by atoms with Crippen LogP contribution in [0.1, 0.15) is 43.1 Å². The van der Waals surface area contributed by atoms with E-state index in [0.29, 0.717) is 12.2 Å². The Hall–Kier alpha value is -1.43. The normalized spacial score (nSPS) is 21.1. The fourth-order valence-electron chi connectivity index (χ4n) is 3.22. The summed E-state index contributed by atoms with van der Waals surface area (Å²) in [7, 11) is 0. The van der Waals surface area contributed by atoms with Crippen LogP contribution in [0.15, 0.2) is 6.20 Å². The molecule has 0 spiro atoms. The van der Waals surface area contributed by atoms with E-state index in [2.05, 4.69) is 15.2 Å². The summed E-state index contributed by atoms with van der Waals surface area (Å²) in [6.45, 7) is 7.66. The van der Waals surface area contributed by atoms with Crippen molar-refractivity contribution in [1.82, 2.24) is 24.8 Å². The van der Waals surface area contributed by atoms with Crippen LogP contribution in [0.2, 0.25) is 0 Å². The van der Waals surface area contributed by atoms with Crippen molar-refractivity contribution in [3.05, 3.63) is 11.9 Å². The van der Waals surface area contributed by atoms with Crippen LogP contribution in [0.4, 0.5) is 0 Å². The van der Waals surface area contributed by atoms with Gasteiger partial charge in [-0.25, -0.2) is 4.68 Å². The maximum absolute atomic E-state index is 12.6. The number of hydrogen-bond donors (Lipinski definition) is 0. The number of nitrogens with zero attached hydrogens (tertiary/aromatic N) is 5. The van der Waals surface area contributed by atoms with E-state index < -0.39 is 0 Å². The molecule has 0 aromatic carbocycles. The van der Waals surface area contributed by atoms with Gasteiger partial charge in [0.2, 0.25) is 0 Å². The molecule has 0 radical (unpaired) electrons. The average molecular weight is 291 g/mol. The smallest absolute Gasteiger partial charge is 0.273 e. The van der Waals surface area contributed by atoms with Crippen LogP contribution in [0.3, 0.4) is 0 Å². The van der Waals surface area contributed by atoms with Crippen molar-refractivity contribution in [1.29, 1.82) is 0 Å². The van der Waals surface area contributed by atoms with Crippen LogP contribution in [-0.4, -0.2) is 63.4 Å². The molecule has 0 N–H and O–H groups in total. The van der Waals surface area contributed by atoms with Gasteiger partial charge in [-0.05, 0) is 38.6 Å². The van der Waals surface area contributed by atoms with Crippen molar-refractivity contribution in [3.63, 3.8) is 0 Å². The van der Waals surface area contributed by atoms with Crippen molar-refractivity contribution in [2.45, 2.75) is 39.2 Å². The molecule has 1 saturated carbocycles. The van der Waals surface area contributed by atoms with E-state index in [0.717, 1.165) is 38.5 Å². The highest BCUT2D eigenvalue weighted by molar-refractivity contribution is 5.92.